The summed E-state index contributed by atoms with van der Waals surface area (Å²) in [6.45, 7) is 4.84. The summed E-state index contributed by atoms with van der Waals surface area (Å²) >= 11 is 0.995. The summed E-state index contributed by atoms with van der Waals surface area (Å²) in [6.07, 6.45) is 1.28. The van der Waals surface area contributed by atoms with E-state index in [9.17, 15) is 19.5 Å². The van der Waals surface area contributed by atoms with Gasteiger partial charge in [0.25, 0.3) is 0 Å². The number of phenolic OH excluding ortho intramolecular Hbond substituents is 1. The van der Waals surface area contributed by atoms with Crippen LogP contribution in [0, 0.1) is 6.92 Å². The molecule has 0 radical (unpaired) electrons. The van der Waals surface area contributed by atoms with Gasteiger partial charge in [0.2, 0.25) is 0 Å². The van der Waals surface area contributed by atoms with Crippen LogP contribution in [-0.2, 0) is 4.74 Å². The summed E-state index contributed by atoms with van der Waals surface area (Å²) in [4.78, 5) is 36.4. The maximum atomic E-state index is 12.2. The van der Waals surface area contributed by atoms with Gasteiger partial charge in [0.05, 0.1) is 23.3 Å². The molecule has 0 saturated carbocycles. The summed E-state index contributed by atoms with van der Waals surface area (Å²) in [5.41, 5.74) is 3.27. The van der Waals surface area contributed by atoms with E-state index in [1.807, 2.05) is 0 Å². The molecule has 0 spiro atoms. The van der Waals surface area contributed by atoms with Gasteiger partial charge in [-0.25, -0.2) is 15.0 Å². The van der Waals surface area contributed by atoms with Crippen LogP contribution in [0.1, 0.15) is 45.0 Å². The van der Waals surface area contributed by atoms with E-state index in [-0.39, 0.29) is 28.7 Å². The molecule has 0 aliphatic rings. The first-order valence-electron chi connectivity index (χ1n) is 8.04. The van der Waals surface area contributed by atoms with E-state index in [0.29, 0.717) is 16.0 Å². The number of anilines is 1. The molecule has 0 bridgehead atoms. The Bertz CT molecular complexity index is 904. The predicted octanol–water partition coefficient (Wildman–Crippen LogP) is 3.30. The molecule has 27 heavy (non-hydrogen) atoms. The fraction of sp³-hybridized carbons (Fsp3) is 0.222. The number of carbonyl (C=O) groups is 3. The molecule has 2 rings (SSSR count). The van der Waals surface area contributed by atoms with Crippen molar-refractivity contribution in [2.75, 3.05) is 11.9 Å². The Morgan fingerprint density at radius 3 is 2.63 bits per heavy atom. The summed E-state index contributed by atoms with van der Waals surface area (Å²) in [6, 6.07) is 5.78. The zero-order valence-corrected chi connectivity index (χ0v) is 15.8. The van der Waals surface area contributed by atoms with Gasteiger partial charge in [0, 0.05) is 5.56 Å². The minimum Gasteiger partial charge on any atom is -0.507 e. The number of phenols is 1. The van der Waals surface area contributed by atoms with Crippen molar-refractivity contribution < 1.29 is 24.2 Å². The Kier molecular flexibility index (Phi) is 6.67. The largest absolute Gasteiger partial charge is 0.507 e. The second-order valence-electron chi connectivity index (χ2n) is 5.42. The lowest BCUT2D eigenvalue weighted by molar-refractivity contribution is 0.0527. The first kappa shape index (κ1) is 20.1. The van der Waals surface area contributed by atoms with Crippen molar-refractivity contribution in [3.8, 4) is 5.75 Å². The molecule has 2 aromatic rings. The fourth-order valence-electron chi connectivity index (χ4n) is 2.27. The normalized spacial score (nSPS) is 10.6. The van der Waals surface area contributed by atoms with Crippen molar-refractivity contribution in [3.63, 3.8) is 0 Å². The number of hydrazone groups is 1. The number of nitrogens with one attached hydrogen (secondary N) is 2. The third-order valence-electron chi connectivity index (χ3n) is 3.48. The van der Waals surface area contributed by atoms with Crippen LogP contribution in [0.5, 0.6) is 5.75 Å². The number of thiophene rings is 1. The lowest BCUT2D eigenvalue weighted by atomic mass is 10.1. The number of Topliss-reactive ketones (excluding diaryl/α,β-unsaturated/α-hetero) is 1. The van der Waals surface area contributed by atoms with Gasteiger partial charge in [-0.2, -0.15) is 5.10 Å². The highest BCUT2D eigenvalue weighted by atomic mass is 32.1. The van der Waals surface area contributed by atoms with Gasteiger partial charge in [-0.1, -0.05) is 12.1 Å². The molecular formula is C18H19N3O5S. The van der Waals surface area contributed by atoms with E-state index in [0.717, 1.165) is 11.3 Å². The molecule has 9 heteroatoms. The maximum Gasteiger partial charge on any atom is 0.341 e. The molecule has 1 aromatic carbocycles. The highest BCUT2D eigenvalue weighted by molar-refractivity contribution is 7.18. The number of nitrogens with zero attached hydrogens (tertiary/aromatic N) is 1. The van der Waals surface area contributed by atoms with Gasteiger partial charge < -0.3 is 9.84 Å². The summed E-state index contributed by atoms with van der Waals surface area (Å²) in [5.74, 6) is -0.811. The smallest absolute Gasteiger partial charge is 0.341 e. The number of ketones is 1. The molecule has 1 heterocycles. The monoisotopic (exact) mass is 389 g/mol. The fourth-order valence-corrected chi connectivity index (χ4v) is 3.36. The Morgan fingerprint density at radius 1 is 1.30 bits per heavy atom. The van der Waals surface area contributed by atoms with E-state index in [1.165, 1.54) is 19.2 Å². The Hall–Kier alpha value is -3.20. The third kappa shape index (κ3) is 4.91. The van der Waals surface area contributed by atoms with Crippen molar-refractivity contribution in [3.05, 3.63) is 45.8 Å². The number of esters is 1. The maximum absolute atomic E-state index is 12.2. The molecule has 0 saturated heterocycles. The van der Waals surface area contributed by atoms with E-state index >= 15 is 0 Å². The molecule has 0 atom stereocenters. The van der Waals surface area contributed by atoms with E-state index in [2.05, 4.69) is 15.8 Å². The minimum atomic E-state index is -0.705. The standard InChI is InChI=1S/C18H19N3O5S/c1-4-26-17(24)14-10(2)15(11(3)22)27-16(14)20-18(25)21-19-9-12-7-5-6-8-13(12)23/h5-9,23H,4H2,1-3H3,(H2,20,21,25). The van der Waals surface area contributed by atoms with Crippen LogP contribution in [0.15, 0.2) is 29.4 Å². The van der Waals surface area contributed by atoms with Crippen molar-refractivity contribution >= 4 is 40.3 Å². The highest BCUT2D eigenvalue weighted by Gasteiger charge is 2.25. The van der Waals surface area contributed by atoms with Crippen LogP contribution in [0.25, 0.3) is 0 Å². The minimum absolute atomic E-state index is 0.0213. The highest BCUT2D eigenvalue weighted by Crippen LogP contribution is 2.34. The second kappa shape index (κ2) is 8.95. The molecular weight excluding hydrogens is 370 g/mol. The van der Waals surface area contributed by atoms with Gasteiger partial charge in [-0.3, -0.25) is 10.1 Å². The number of hydrogen-bond acceptors (Lipinski definition) is 7. The Labute approximate surface area is 159 Å². The number of benzene rings is 1. The number of rotatable bonds is 6. The van der Waals surface area contributed by atoms with Gasteiger partial charge >= 0.3 is 12.0 Å². The predicted molar refractivity (Wildman–Crippen MR) is 103 cm³/mol. The molecule has 0 aliphatic heterocycles. The molecule has 0 fully saturated rings. The Balaban J connectivity index is 2.17. The first-order chi connectivity index (χ1) is 12.8. The van der Waals surface area contributed by atoms with Crippen LogP contribution in [-0.4, -0.2) is 35.7 Å². The second-order valence-corrected chi connectivity index (χ2v) is 6.44. The summed E-state index contributed by atoms with van der Waals surface area (Å²) in [7, 11) is 0. The van der Waals surface area contributed by atoms with E-state index in [4.69, 9.17) is 4.74 Å². The average molecular weight is 389 g/mol. The number of para-hydroxylation sites is 1. The number of amides is 2. The molecule has 2 amide bonds. The number of hydrogen-bond donors (Lipinski definition) is 3. The number of carbonyl (C=O) groups excluding carboxylic acids is 3. The zero-order valence-electron chi connectivity index (χ0n) is 15.0. The van der Waals surface area contributed by atoms with Crippen molar-refractivity contribution in [1.29, 1.82) is 0 Å². The van der Waals surface area contributed by atoms with Crippen LogP contribution >= 0.6 is 11.3 Å². The Morgan fingerprint density at radius 2 is 2.00 bits per heavy atom. The zero-order chi connectivity index (χ0) is 20.0. The van der Waals surface area contributed by atoms with E-state index in [1.54, 1.807) is 32.0 Å². The first-order valence-corrected chi connectivity index (χ1v) is 8.86. The summed E-state index contributed by atoms with van der Waals surface area (Å²) < 4.78 is 5.00. The number of aromatic hydroxyl groups is 1. The van der Waals surface area contributed by atoms with Crippen molar-refractivity contribution in [2.24, 2.45) is 5.10 Å². The van der Waals surface area contributed by atoms with Gasteiger partial charge in [-0.15, -0.1) is 11.3 Å². The molecule has 8 nitrogen and oxygen atoms in total. The average Bonchev–Trinajstić information content (AvgIpc) is 2.93. The number of urea groups is 1. The lowest BCUT2D eigenvalue weighted by Crippen LogP contribution is -2.24. The van der Waals surface area contributed by atoms with Gasteiger partial charge in [-0.05, 0) is 38.5 Å². The van der Waals surface area contributed by atoms with Crippen LogP contribution in [0.4, 0.5) is 9.80 Å². The molecule has 1 aromatic heterocycles. The molecule has 3 N–H and O–H groups in total. The lowest BCUT2D eigenvalue weighted by Gasteiger charge is -2.06. The van der Waals surface area contributed by atoms with Gasteiger partial charge in [0.15, 0.2) is 5.78 Å². The molecule has 142 valence electrons. The van der Waals surface area contributed by atoms with Crippen LogP contribution in [0.2, 0.25) is 0 Å². The van der Waals surface area contributed by atoms with Crippen LogP contribution < -0.4 is 10.7 Å². The van der Waals surface area contributed by atoms with Gasteiger partial charge in [0.1, 0.15) is 10.8 Å². The van der Waals surface area contributed by atoms with Crippen molar-refractivity contribution in [1.82, 2.24) is 5.43 Å². The van der Waals surface area contributed by atoms with Crippen LogP contribution in [0.3, 0.4) is 0 Å². The molecule has 0 unspecified atom stereocenters. The quantitative estimate of drug-likeness (QED) is 0.303. The third-order valence-corrected chi connectivity index (χ3v) is 4.79. The topological polar surface area (TPSA) is 117 Å². The summed E-state index contributed by atoms with van der Waals surface area (Å²) in [5, 5.41) is 16.1. The molecule has 0 aliphatic carbocycles. The number of ether oxygens (including phenoxy) is 1. The SMILES string of the molecule is CCOC(=O)c1c(NC(=O)NN=Cc2ccccc2O)sc(C(C)=O)c1C. The van der Waals surface area contributed by atoms with Crippen molar-refractivity contribution in [2.45, 2.75) is 20.8 Å². The van der Waals surface area contributed by atoms with E-state index < -0.39 is 12.0 Å².